The van der Waals surface area contributed by atoms with Gasteiger partial charge in [-0.3, -0.25) is 39.4 Å². The molecule has 2 aliphatic heterocycles. The zero-order valence-electron chi connectivity index (χ0n) is 19.8. The number of nitro benzene ring substituents is 2. The Hall–Kier alpha value is -4.84. The Bertz CT molecular complexity index is 1370. The number of benzene rings is 2. The van der Waals surface area contributed by atoms with Gasteiger partial charge in [0.2, 0.25) is 0 Å². The average Bonchev–Trinajstić information content (AvgIpc) is 3.41. The van der Waals surface area contributed by atoms with Gasteiger partial charge in [-0.05, 0) is 12.1 Å². The van der Waals surface area contributed by atoms with E-state index in [4.69, 9.17) is 9.68 Å². The molecule has 0 aliphatic carbocycles. The van der Waals surface area contributed by atoms with Crippen LogP contribution in [0.1, 0.15) is 46.4 Å². The van der Waals surface area contributed by atoms with Crippen molar-refractivity contribution in [2.45, 2.75) is 35.5 Å². The van der Waals surface area contributed by atoms with Crippen LogP contribution in [0.4, 0.5) is 11.4 Å². The number of nitro groups is 2. The second-order valence-corrected chi connectivity index (χ2v) is 10.2. The minimum atomic E-state index is -1.25. The Morgan fingerprint density at radius 1 is 0.650 bits per heavy atom. The Morgan fingerprint density at radius 2 is 0.975 bits per heavy atom. The molecule has 4 rings (SSSR count). The van der Waals surface area contributed by atoms with Crippen molar-refractivity contribution in [3.63, 3.8) is 0 Å². The maximum atomic E-state index is 12.8. The van der Waals surface area contributed by atoms with Gasteiger partial charge in [-0.2, -0.15) is 0 Å². The van der Waals surface area contributed by atoms with E-state index in [1.54, 1.807) is 0 Å². The second-order valence-electron chi connectivity index (χ2n) is 7.96. The van der Waals surface area contributed by atoms with Gasteiger partial charge in [0.25, 0.3) is 35.0 Å². The van der Waals surface area contributed by atoms with Gasteiger partial charge in [-0.15, -0.1) is 10.1 Å². The summed E-state index contributed by atoms with van der Waals surface area (Å²) in [6.45, 7) is 0. The van der Waals surface area contributed by atoms with Crippen LogP contribution in [-0.2, 0) is 28.9 Å². The van der Waals surface area contributed by atoms with E-state index in [1.165, 1.54) is 12.1 Å². The number of hydrogen-bond acceptors (Lipinski definition) is 14. The molecule has 0 aromatic heterocycles. The minimum absolute atomic E-state index is 0.0438. The van der Waals surface area contributed by atoms with Crippen LogP contribution in [0.2, 0.25) is 0 Å². The van der Waals surface area contributed by atoms with Crippen LogP contribution in [0.15, 0.2) is 46.2 Å². The van der Waals surface area contributed by atoms with Crippen LogP contribution >= 0.6 is 21.6 Å². The van der Waals surface area contributed by atoms with E-state index < -0.39 is 67.9 Å². The van der Waals surface area contributed by atoms with Gasteiger partial charge < -0.3 is 9.68 Å². The van der Waals surface area contributed by atoms with E-state index in [2.05, 4.69) is 0 Å². The second kappa shape index (κ2) is 11.5. The van der Waals surface area contributed by atoms with Crippen LogP contribution in [0.5, 0.6) is 0 Å². The number of hydrogen-bond donors (Lipinski definition) is 0. The lowest BCUT2D eigenvalue weighted by Gasteiger charge is -2.15. The van der Waals surface area contributed by atoms with E-state index >= 15 is 0 Å². The highest BCUT2D eigenvalue weighted by Crippen LogP contribution is 2.42. The van der Waals surface area contributed by atoms with Gasteiger partial charge in [0.15, 0.2) is 0 Å². The third-order valence-corrected chi connectivity index (χ3v) is 7.85. The molecule has 40 heavy (non-hydrogen) atoms. The summed E-state index contributed by atoms with van der Waals surface area (Å²) in [5, 5.41) is 23.1. The summed E-state index contributed by atoms with van der Waals surface area (Å²) in [7, 11) is 1.56. The fourth-order valence-electron chi connectivity index (χ4n) is 3.40. The maximum absolute atomic E-state index is 12.8. The molecule has 0 spiro atoms. The lowest BCUT2D eigenvalue weighted by atomic mass is 10.2. The van der Waals surface area contributed by atoms with Crippen LogP contribution < -0.4 is 0 Å². The number of carbonyl (C=O) groups is 6. The monoisotopic (exact) mass is 590 g/mol. The molecule has 206 valence electrons. The quantitative estimate of drug-likeness (QED) is 0.178. The van der Waals surface area contributed by atoms with Gasteiger partial charge >= 0.3 is 11.9 Å². The maximum Gasteiger partial charge on any atom is 0.365 e. The minimum Gasteiger partial charge on any atom is -0.325 e. The first-order valence-electron chi connectivity index (χ1n) is 11.0. The fraction of sp³-hybridized carbons (Fsp3) is 0.182. The Morgan fingerprint density at radius 3 is 1.27 bits per heavy atom. The molecule has 2 aliphatic rings. The van der Waals surface area contributed by atoms with Crippen molar-refractivity contribution in [2.24, 2.45) is 0 Å². The van der Waals surface area contributed by atoms with Gasteiger partial charge in [0.05, 0.1) is 21.0 Å². The van der Waals surface area contributed by atoms with Crippen molar-refractivity contribution in [2.75, 3.05) is 0 Å². The number of amides is 4. The van der Waals surface area contributed by atoms with Crippen molar-refractivity contribution >= 4 is 68.5 Å². The molecule has 0 unspecified atom stereocenters. The SMILES string of the molecule is O=C(ON1C(=O)CCC1=O)c1cc([N+](=O)[O-])ccc1SSc1ccc([N+](=O)[O-])cc1C(=O)ON1C(=O)CCC1=O. The zero-order chi connectivity index (χ0) is 29.1. The third-order valence-electron chi connectivity index (χ3n) is 5.37. The number of rotatable bonds is 9. The third kappa shape index (κ3) is 5.91. The van der Waals surface area contributed by atoms with E-state index in [0.717, 1.165) is 45.9 Å². The molecule has 0 bridgehead atoms. The molecule has 0 N–H and O–H groups in total. The molecule has 0 radical (unpaired) electrons. The van der Waals surface area contributed by atoms with E-state index in [1.807, 2.05) is 0 Å². The van der Waals surface area contributed by atoms with E-state index in [9.17, 15) is 49.0 Å². The van der Waals surface area contributed by atoms with Gasteiger partial charge in [0, 0.05) is 59.7 Å². The molecular weight excluding hydrogens is 576 g/mol. The normalized spacial score (nSPS) is 15.0. The van der Waals surface area contributed by atoms with Crippen LogP contribution in [0, 0.1) is 20.2 Å². The number of carbonyl (C=O) groups excluding carboxylic acids is 6. The van der Waals surface area contributed by atoms with Crippen LogP contribution in [0.3, 0.4) is 0 Å². The standard InChI is InChI=1S/C22H14N4O12S2/c27-17-5-6-18(28)23(17)37-21(31)13-9-11(25(33)34)1-3-15(13)39-40-16-4-2-12(26(35)36)10-14(16)22(32)38-24-19(29)7-8-20(24)30/h1-4,9-10H,5-8H2. The molecule has 0 atom stereocenters. The molecule has 2 fully saturated rings. The van der Waals surface area contributed by atoms with Gasteiger partial charge in [0.1, 0.15) is 0 Å². The van der Waals surface area contributed by atoms with Crippen molar-refractivity contribution < 1.29 is 48.3 Å². The fourth-order valence-corrected chi connectivity index (χ4v) is 5.70. The smallest absolute Gasteiger partial charge is 0.325 e. The summed E-state index contributed by atoms with van der Waals surface area (Å²) < 4.78 is 0. The average molecular weight is 591 g/mol. The van der Waals surface area contributed by atoms with Gasteiger partial charge in [-0.1, -0.05) is 21.6 Å². The molecule has 2 aromatic carbocycles. The predicted octanol–water partition coefficient (Wildman–Crippen LogP) is 2.74. The van der Waals surface area contributed by atoms with Crippen LogP contribution in [0.25, 0.3) is 0 Å². The zero-order valence-corrected chi connectivity index (χ0v) is 21.4. The summed E-state index contributed by atoms with van der Waals surface area (Å²) >= 11 is 0. The number of hydroxylamine groups is 4. The summed E-state index contributed by atoms with van der Waals surface area (Å²) in [6.07, 6.45) is -0.698. The first-order chi connectivity index (χ1) is 19.0. The molecule has 2 aromatic rings. The Labute approximate surface area is 230 Å². The molecule has 4 amide bonds. The predicted molar refractivity (Wildman–Crippen MR) is 131 cm³/mol. The highest BCUT2D eigenvalue weighted by Gasteiger charge is 2.35. The summed E-state index contributed by atoms with van der Waals surface area (Å²) in [4.78, 5) is 104. The van der Waals surface area contributed by atoms with Crippen molar-refractivity contribution in [3.8, 4) is 0 Å². The lowest BCUT2D eigenvalue weighted by molar-refractivity contribution is -0.385. The first-order valence-corrected chi connectivity index (χ1v) is 13.2. The van der Waals surface area contributed by atoms with Crippen LogP contribution in [-0.4, -0.2) is 55.5 Å². The first kappa shape index (κ1) is 28.2. The largest absolute Gasteiger partial charge is 0.365 e. The molecule has 16 nitrogen and oxygen atoms in total. The highest BCUT2D eigenvalue weighted by molar-refractivity contribution is 8.76. The Kier molecular flexibility index (Phi) is 8.10. The number of nitrogens with zero attached hydrogens (tertiary/aromatic N) is 4. The molecule has 0 saturated carbocycles. The van der Waals surface area contributed by atoms with Crippen molar-refractivity contribution in [3.05, 3.63) is 67.8 Å². The molecule has 2 heterocycles. The number of non-ortho nitro benzene ring substituents is 2. The number of imide groups is 2. The van der Waals surface area contributed by atoms with E-state index in [-0.39, 0.29) is 45.6 Å². The lowest BCUT2D eigenvalue weighted by Crippen LogP contribution is -2.32. The van der Waals surface area contributed by atoms with Gasteiger partial charge in [-0.25, -0.2) is 9.59 Å². The topological polar surface area (TPSA) is 214 Å². The molecular formula is C22H14N4O12S2. The molecule has 18 heteroatoms. The van der Waals surface area contributed by atoms with Crippen molar-refractivity contribution in [1.29, 1.82) is 0 Å². The Balaban J connectivity index is 1.62. The molecule has 2 saturated heterocycles. The summed E-state index contributed by atoms with van der Waals surface area (Å²) in [5.41, 5.74) is -1.78. The van der Waals surface area contributed by atoms with E-state index in [0.29, 0.717) is 0 Å². The summed E-state index contributed by atoms with van der Waals surface area (Å²) in [6, 6.07) is 6.25. The summed E-state index contributed by atoms with van der Waals surface area (Å²) in [5.74, 6) is -5.56. The highest BCUT2D eigenvalue weighted by atomic mass is 33.1. The van der Waals surface area contributed by atoms with Crippen molar-refractivity contribution in [1.82, 2.24) is 10.1 Å².